The van der Waals surface area contributed by atoms with Crippen LogP contribution < -0.4 is 5.73 Å². The number of hydrogen-bond acceptors (Lipinski definition) is 4. The van der Waals surface area contributed by atoms with Gasteiger partial charge >= 0.3 is 0 Å². The number of thiophene rings is 1. The van der Waals surface area contributed by atoms with Crippen LogP contribution in [0.25, 0.3) is 0 Å². The molecule has 108 valence electrons. The average Bonchev–Trinajstić information content (AvgIpc) is 2.95. The molecule has 1 aliphatic rings. The van der Waals surface area contributed by atoms with Crippen molar-refractivity contribution in [3.63, 3.8) is 0 Å². The van der Waals surface area contributed by atoms with E-state index in [9.17, 15) is 0 Å². The lowest BCUT2D eigenvalue weighted by molar-refractivity contribution is 0.000398. The number of nitrogens with zero attached hydrogens (tertiary/aromatic N) is 1. The molecule has 0 saturated carbocycles. The topological polar surface area (TPSA) is 38.5 Å². The summed E-state index contributed by atoms with van der Waals surface area (Å²) >= 11 is 1.76. The van der Waals surface area contributed by atoms with Gasteiger partial charge in [-0.3, -0.25) is 4.90 Å². The Balaban J connectivity index is 2.00. The van der Waals surface area contributed by atoms with Crippen LogP contribution >= 0.6 is 11.3 Å². The lowest BCUT2D eigenvalue weighted by Crippen LogP contribution is -2.45. The van der Waals surface area contributed by atoms with Crippen molar-refractivity contribution in [2.24, 2.45) is 5.73 Å². The third-order valence-electron chi connectivity index (χ3n) is 4.03. The minimum absolute atomic E-state index is 0.221. The van der Waals surface area contributed by atoms with Gasteiger partial charge in [-0.05, 0) is 48.6 Å². The fourth-order valence-corrected chi connectivity index (χ4v) is 3.64. The number of nitrogens with two attached hydrogens (primary N) is 1. The van der Waals surface area contributed by atoms with Crippen LogP contribution in [0, 0.1) is 0 Å². The van der Waals surface area contributed by atoms with Gasteiger partial charge in [0.15, 0.2) is 0 Å². The maximum atomic E-state index is 6.36. The summed E-state index contributed by atoms with van der Waals surface area (Å²) in [5, 5.41) is 4.40. The first kappa shape index (κ1) is 15.0. The molecular formula is C15H26N2OS. The van der Waals surface area contributed by atoms with Gasteiger partial charge in [0, 0.05) is 25.7 Å². The molecule has 0 amide bonds. The van der Waals surface area contributed by atoms with E-state index in [-0.39, 0.29) is 6.04 Å². The van der Waals surface area contributed by atoms with E-state index in [1.807, 2.05) is 0 Å². The van der Waals surface area contributed by atoms with E-state index in [2.05, 4.69) is 35.6 Å². The lowest BCUT2D eigenvalue weighted by Gasteiger charge is -2.39. The molecule has 0 aromatic carbocycles. The fraction of sp³-hybridized carbons (Fsp3) is 0.733. The van der Waals surface area contributed by atoms with Crippen molar-refractivity contribution in [1.82, 2.24) is 4.90 Å². The van der Waals surface area contributed by atoms with Crippen LogP contribution in [0.3, 0.4) is 0 Å². The standard InChI is InChI=1S/C15H26N2OS/c1-3-14(16)15(12-7-10-19-11-12)17-8-5-13(6-9-17)18-4-2/h7,10-11,13-15H,3-6,8-9,16H2,1-2H3. The number of piperidine rings is 1. The zero-order valence-electron chi connectivity index (χ0n) is 12.0. The molecule has 0 bridgehead atoms. The molecule has 2 heterocycles. The number of ether oxygens (including phenoxy) is 1. The van der Waals surface area contributed by atoms with Gasteiger partial charge in [0.1, 0.15) is 0 Å². The number of rotatable bonds is 6. The Morgan fingerprint density at radius 3 is 2.68 bits per heavy atom. The smallest absolute Gasteiger partial charge is 0.0599 e. The second-order valence-corrected chi connectivity index (χ2v) is 6.04. The summed E-state index contributed by atoms with van der Waals surface area (Å²) in [6.07, 6.45) is 3.73. The van der Waals surface area contributed by atoms with Crippen LogP contribution in [0.4, 0.5) is 0 Å². The highest BCUT2D eigenvalue weighted by molar-refractivity contribution is 7.07. The summed E-state index contributed by atoms with van der Waals surface area (Å²) in [7, 11) is 0. The van der Waals surface area contributed by atoms with Crippen molar-refractivity contribution in [2.45, 2.75) is 51.3 Å². The second kappa shape index (κ2) is 7.39. The van der Waals surface area contributed by atoms with Gasteiger partial charge in [-0.25, -0.2) is 0 Å². The van der Waals surface area contributed by atoms with Crippen LogP contribution in [-0.2, 0) is 4.74 Å². The summed E-state index contributed by atoms with van der Waals surface area (Å²) in [6.45, 7) is 7.27. The molecule has 2 N–H and O–H groups in total. The van der Waals surface area contributed by atoms with Crippen molar-refractivity contribution in [2.75, 3.05) is 19.7 Å². The Kier molecular flexibility index (Phi) is 5.82. The summed E-state index contributed by atoms with van der Waals surface area (Å²) in [4.78, 5) is 2.55. The van der Waals surface area contributed by atoms with Crippen LogP contribution in [0.15, 0.2) is 16.8 Å². The van der Waals surface area contributed by atoms with Crippen molar-refractivity contribution < 1.29 is 4.74 Å². The van der Waals surface area contributed by atoms with E-state index in [0.29, 0.717) is 12.1 Å². The zero-order chi connectivity index (χ0) is 13.7. The SMILES string of the molecule is CCOC1CCN(C(c2ccsc2)C(N)CC)CC1. The van der Waals surface area contributed by atoms with Crippen molar-refractivity contribution in [3.8, 4) is 0 Å². The summed E-state index contributed by atoms with van der Waals surface area (Å²) < 4.78 is 5.73. The largest absolute Gasteiger partial charge is 0.378 e. The Labute approximate surface area is 120 Å². The van der Waals surface area contributed by atoms with Crippen LogP contribution in [-0.4, -0.2) is 36.7 Å². The Morgan fingerprint density at radius 2 is 2.16 bits per heavy atom. The molecule has 2 unspecified atom stereocenters. The van der Waals surface area contributed by atoms with Gasteiger partial charge in [-0.1, -0.05) is 6.92 Å². The van der Waals surface area contributed by atoms with Crippen LogP contribution in [0.1, 0.15) is 44.7 Å². The van der Waals surface area contributed by atoms with Crippen LogP contribution in [0.5, 0.6) is 0 Å². The summed E-state index contributed by atoms with van der Waals surface area (Å²) in [6, 6.07) is 2.82. The normalized spacial score (nSPS) is 21.4. The highest BCUT2D eigenvalue weighted by Crippen LogP contribution is 2.30. The summed E-state index contributed by atoms with van der Waals surface area (Å²) in [5.41, 5.74) is 7.75. The van der Waals surface area contributed by atoms with Gasteiger partial charge in [0.2, 0.25) is 0 Å². The molecule has 2 atom stereocenters. The van der Waals surface area contributed by atoms with Gasteiger partial charge < -0.3 is 10.5 Å². The molecule has 0 spiro atoms. The van der Waals surface area contributed by atoms with Crippen molar-refractivity contribution in [3.05, 3.63) is 22.4 Å². The molecule has 19 heavy (non-hydrogen) atoms. The van der Waals surface area contributed by atoms with E-state index in [0.717, 1.165) is 39.0 Å². The van der Waals surface area contributed by atoms with Gasteiger partial charge in [-0.15, -0.1) is 0 Å². The molecule has 2 rings (SSSR count). The molecular weight excluding hydrogens is 256 g/mol. The molecule has 1 aliphatic heterocycles. The number of hydrogen-bond donors (Lipinski definition) is 1. The average molecular weight is 282 g/mol. The Morgan fingerprint density at radius 1 is 1.42 bits per heavy atom. The highest BCUT2D eigenvalue weighted by Gasteiger charge is 2.29. The van der Waals surface area contributed by atoms with Gasteiger partial charge in [-0.2, -0.15) is 11.3 Å². The van der Waals surface area contributed by atoms with Crippen molar-refractivity contribution >= 4 is 11.3 Å². The maximum Gasteiger partial charge on any atom is 0.0599 e. The molecule has 1 aromatic rings. The van der Waals surface area contributed by atoms with E-state index >= 15 is 0 Å². The minimum atomic E-state index is 0.221. The van der Waals surface area contributed by atoms with E-state index in [4.69, 9.17) is 10.5 Å². The lowest BCUT2D eigenvalue weighted by atomic mass is 9.95. The molecule has 1 fully saturated rings. The third-order valence-corrected chi connectivity index (χ3v) is 4.74. The third kappa shape index (κ3) is 3.78. The first-order valence-corrected chi connectivity index (χ1v) is 8.33. The van der Waals surface area contributed by atoms with Gasteiger partial charge in [0.25, 0.3) is 0 Å². The van der Waals surface area contributed by atoms with E-state index in [1.54, 1.807) is 11.3 Å². The fourth-order valence-electron chi connectivity index (χ4n) is 2.95. The Bertz CT molecular complexity index is 347. The highest BCUT2D eigenvalue weighted by atomic mass is 32.1. The first-order valence-electron chi connectivity index (χ1n) is 7.39. The van der Waals surface area contributed by atoms with Gasteiger partial charge in [0.05, 0.1) is 12.1 Å². The monoisotopic (exact) mass is 282 g/mol. The molecule has 0 radical (unpaired) electrons. The predicted molar refractivity (Wildman–Crippen MR) is 81.5 cm³/mol. The molecule has 3 nitrogen and oxygen atoms in total. The maximum absolute atomic E-state index is 6.36. The minimum Gasteiger partial charge on any atom is -0.378 e. The Hall–Kier alpha value is -0.420. The second-order valence-electron chi connectivity index (χ2n) is 5.26. The first-order chi connectivity index (χ1) is 9.26. The zero-order valence-corrected chi connectivity index (χ0v) is 12.9. The van der Waals surface area contributed by atoms with E-state index < -0.39 is 0 Å². The predicted octanol–water partition coefficient (Wildman–Crippen LogP) is 3.03. The van der Waals surface area contributed by atoms with Crippen molar-refractivity contribution in [1.29, 1.82) is 0 Å². The molecule has 1 aromatic heterocycles. The molecule has 4 heteroatoms. The molecule has 0 aliphatic carbocycles. The van der Waals surface area contributed by atoms with E-state index in [1.165, 1.54) is 5.56 Å². The quantitative estimate of drug-likeness (QED) is 0.871. The summed E-state index contributed by atoms with van der Waals surface area (Å²) in [5.74, 6) is 0. The number of likely N-dealkylation sites (tertiary alicyclic amines) is 1. The molecule has 1 saturated heterocycles. The van der Waals surface area contributed by atoms with Crippen LogP contribution in [0.2, 0.25) is 0 Å².